The van der Waals surface area contributed by atoms with Crippen molar-refractivity contribution in [3.63, 3.8) is 0 Å². The molecule has 0 unspecified atom stereocenters. The molecule has 0 aliphatic heterocycles. The maximum Gasteiger partial charge on any atom is 0.215 e. The van der Waals surface area contributed by atoms with Gasteiger partial charge in [-0.1, -0.05) is 91.0 Å². The molecule has 3 aromatic heterocycles. The summed E-state index contributed by atoms with van der Waals surface area (Å²) in [7, 11) is 2.12. The van der Waals surface area contributed by atoms with Gasteiger partial charge in [0.25, 0.3) is 0 Å². The fraction of sp³-hybridized carbons (Fsp3) is 0.0278. The van der Waals surface area contributed by atoms with Gasteiger partial charge in [-0.2, -0.15) is 0 Å². The fourth-order valence-electron chi connectivity index (χ4n) is 6.78. The van der Waals surface area contributed by atoms with Gasteiger partial charge in [-0.15, -0.1) is 0 Å². The zero-order chi connectivity index (χ0) is 26.4. The largest absolute Gasteiger partial charge is 0.313 e. The first kappa shape index (κ1) is 21.6. The number of para-hydroxylation sites is 5. The third-order valence-corrected chi connectivity index (χ3v) is 8.42. The Labute approximate surface area is 229 Å². The number of imidazole rings is 1. The molecule has 0 spiro atoms. The van der Waals surface area contributed by atoms with E-state index in [4.69, 9.17) is 4.98 Å². The molecule has 6 aromatic carbocycles. The van der Waals surface area contributed by atoms with Gasteiger partial charge in [0, 0.05) is 39.7 Å². The van der Waals surface area contributed by atoms with E-state index >= 15 is 0 Å². The van der Waals surface area contributed by atoms with Crippen LogP contribution in [-0.4, -0.2) is 18.7 Å². The molecule has 0 atom stereocenters. The van der Waals surface area contributed by atoms with Gasteiger partial charge >= 0.3 is 0 Å². The second-order valence-corrected chi connectivity index (χ2v) is 10.5. The van der Waals surface area contributed by atoms with E-state index in [9.17, 15) is 0 Å². The van der Waals surface area contributed by atoms with E-state index in [0.717, 1.165) is 28.2 Å². The van der Waals surface area contributed by atoms with Crippen LogP contribution in [0.25, 0.3) is 77.1 Å². The number of nitrogens with zero attached hydrogens (tertiary/aromatic N) is 4. The Bertz CT molecular complexity index is 2440. The van der Waals surface area contributed by atoms with Gasteiger partial charge in [0.2, 0.25) is 5.95 Å². The number of hydrogen-bond donors (Lipinski definition) is 0. The molecule has 3 heterocycles. The Hall–Kier alpha value is -5.35. The smallest absolute Gasteiger partial charge is 0.215 e. The van der Waals surface area contributed by atoms with Crippen LogP contribution in [0.4, 0.5) is 0 Å². The Morgan fingerprint density at radius 1 is 0.450 bits per heavy atom. The third-order valence-electron chi connectivity index (χ3n) is 8.42. The topological polar surface area (TPSA) is 27.7 Å². The van der Waals surface area contributed by atoms with Crippen LogP contribution < -0.4 is 0 Å². The summed E-state index contributed by atoms with van der Waals surface area (Å²) in [6, 6.07) is 45.5. The predicted molar refractivity (Wildman–Crippen MR) is 167 cm³/mol. The molecule has 0 bridgehead atoms. The van der Waals surface area contributed by atoms with Gasteiger partial charge in [0.05, 0.1) is 33.1 Å². The molecule has 4 nitrogen and oxygen atoms in total. The summed E-state index contributed by atoms with van der Waals surface area (Å²) < 4.78 is 7.04. The van der Waals surface area contributed by atoms with Crippen molar-refractivity contribution in [2.45, 2.75) is 0 Å². The molecular weight excluding hydrogens is 488 g/mol. The van der Waals surface area contributed by atoms with Crippen molar-refractivity contribution < 1.29 is 0 Å². The molecule has 0 saturated heterocycles. The molecule has 40 heavy (non-hydrogen) atoms. The van der Waals surface area contributed by atoms with Crippen LogP contribution in [0, 0.1) is 0 Å². The van der Waals surface area contributed by atoms with Gasteiger partial charge in [-0.25, -0.2) is 4.98 Å². The summed E-state index contributed by atoms with van der Waals surface area (Å²) in [5.41, 5.74) is 8.05. The van der Waals surface area contributed by atoms with Crippen LogP contribution in [0.15, 0.2) is 127 Å². The minimum absolute atomic E-state index is 0.916. The van der Waals surface area contributed by atoms with Crippen molar-refractivity contribution >= 4 is 65.4 Å². The standard InChI is InChI=1S/C36H24N4/c1-38-31-22-12-9-19-28(31)37-36(38)40-30-21-11-8-18-27(30)33-34(40)25-16-6-5-15-24(25)32-26-17-7-10-20-29(26)39(35(32)33)23-13-3-2-4-14-23/h2-22H,1H3. The second-order valence-electron chi connectivity index (χ2n) is 10.5. The monoisotopic (exact) mass is 512 g/mol. The molecule has 0 amide bonds. The van der Waals surface area contributed by atoms with E-state index in [2.05, 4.69) is 148 Å². The zero-order valence-electron chi connectivity index (χ0n) is 21.9. The summed E-state index contributed by atoms with van der Waals surface area (Å²) in [5.74, 6) is 0.916. The predicted octanol–water partition coefficient (Wildman–Crippen LogP) is 8.92. The quantitative estimate of drug-likeness (QED) is 0.227. The third kappa shape index (κ3) is 2.67. The first-order valence-electron chi connectivity index (χ1n) is 13.7. The van der Waals surface area contributed by atoms with E-state index in [1.54, 1.807) is 0 Å². The molecule has 0 aliphatic rings. The molecule has 0 fully saturated rings. The summed E-state index contributed by atoms with van der Waals surface area (Å²) >= 11 is 0. The average molecular weight is 513 g/mol. The number of rotatable bonds is 2. The van der Waals surface area contributed by atoms with Crippen molar-refractivity contribution in [1.82, 2.24) is 18.7 Å². The van der Waals surface area contributed by atoms with Gasteiger partial charge in [0.1, 0.15) is 0 Å². The summed E-state index contributed by atoms with van der Waals surface area (Å²) in [4.78, 5) is 5.18. The van der Waals surface area contributed by atoms with Gasteiger partial charge in [0.15, 0.2) is 0 Å². The highest BCUT2D eigenvalue weighted by molar-refractivity contribution is 6.36. The molecule has 9 rings (SSSR count). The van der Waals surface area contributed by atoms with E-state index in [1.807, 2.05) is 0 Å². The van der Waals surface area contributed by atoms with Crippen molar-refractivity contribution in [1.29, 1.82) is 0 Å². The van der Waals surface area contributed by atoms with E-state index in [-0.39, 0.29) is 0 Å². The van der Waals surface area contributed by atoms with Crippen LogP contribution in [0.1, 0.15) is 0 Å². The SMILES string of the molecule is Cn1c(-n2c3ccccc3c3c2c2ccccc2c2c4ccccc4n(-c4ccccc4)c23)nc2ccccc21. The van der Waals surface area contributed by atoms with Crippen molar-refractivity contribution in [2.24, 2.45) is 7.05 Å². The van der Waals surface area contributed by atoms with Crippen LogP contribution in [0.2, 0.25) is 0 Å². The number of aromatic nitrogens is 4. The molecule has 0 aliphatic carbocycles. The Morgan fingerprint density at radius 2 is 1.00 bits per heavy atom. The van der Waals surface area contributed by atoms with Gasteiger partial charge in [-0.3, -0.25) is 4.57 Å². The molecular formula is C36H24N4. The van der Waals surface area contributed by atoms with E-state index in [0.29, 0.717) is 0 Å². The van der Waals surface area contributed by atoms with Crippen LogP contribution in [0.5, 0.6) is 0 Å². The summed E-state index contributed by atoms with van der Waals surface area (Å²) in [6.07, 6.45) is 0. The second kappa shape index (κ2) is 7.84. The molecule has 0 saturated carbocycles. The van der Waals surface area contributed by atoms with Crippen molar-refractivity contribution in [2.75, 3.05) is 0 Å². The number of aryl methyl sites for hydroxylation is 1. The summed E-state index contributed by atoms with van der Waals surface area (Å²) in [5, 5.41) is 7.49. The van der Waals surface area contributed by atoms with Crippen molar-refractivity contribution in [3.8, 4) is 11.6 Å². The summed E-state index contributed by atoms with van der Waals surface area (Å²) in [6.45, 7) is 0. The maximum absolute atomic E-state index is 5.18. The molecule has 4 heteroatoms. The highest BCUT2D eigenvalue weighted by Crippen LogP contribution is 2.46. The van der Waals surface area contributed by atoms with Crippen molar-refractivity contribution in [3.05, 3.63) is 127 Å². The maximum atomic E-state index is 5.18. The van der Waals surface area contributed by atoms with Crippen LogP contribution in [-0.2, 0) is 7.05 Å². The van der Waals surface area contributed by atoms with E-state index < -0.39 is 0 Å². The normalized spacial score (nSPS) is 12.1. The first-order chi connectivity index (χ1) is 19.8. The Balaban J connectivity index is 1.63. The lowest BCUT2D eigenvalue weighted by Gasteiger charge is -2.12. The minimum atomic E-state index is 0.916. The number of hydrogen-bond acceptors (Lipinski definition) is 1. The first-order valence-corrected chi connectivity index (χ1v) is 13.7. The van der Waals surface area contributed by atoms with E-state index in [1.165, 1.54) is 48.9 Å². The fourth-order valence-corrected chi connectivity index (χ4v) is 6.78. The van der Waals surface area contributed by atoms with Gasteiger partial charge < -0.3 is 9.13 Å². The van der Waals surface area contributed by atoms with Crippen LogP contribution >= 0.6 is 0 Å². The number of benzene rings is 6. The molecule has 0 radical (unpaired) electrons. The molecule has 0 N–H and O–H groups in total. The average Bonchev–Trinajstić information content (AvgIpc) is 3.65. The lowest BCUT2D eigenvalue weighted by atomic mass is 9.99. The van der Waals surface area contributed by atoms with Crippen LogP contribution in [0.3, 0.4) is 0 Å². The molecule has 188 valence electrons. The highest BCUT2D eigenvalue weighted by atomic mass is 15.2. The minimum Gasteiger partial charge on any atom is -0.313 e. The zero-order valence-corrected chi connectivity index (χ0v) is 21.9. The number of fused-ring (bicyclic) bond motifs is 11. The molecule has 9 aromatic rings. The Kier molecular flexibility index (Phi) is 4.23. The highest BCUT2D eigenvalue weighted by Gasteiger charge is 2.25. The lowest BCUT2D eigenvalue weighted by Crippen LogP contribution is -2.03. The Morgan fingerprint density at radius 3 is 1.73 bits per heavy atom. The lowest BCUT2D eigenvalue weighted by molar-refractivity contribution is 0.871. The van der Waals surface area contributed by atoms with Gasteiger partial charge in [-0.05, 0) is 41.8 Å².